The predicted octanol–water partition coefficient (Wildman–Crippen LogP) is 3.50. The van der Waals surface area contributed by atoms with Crippen molar-refractivity contribution < 1.29 is 17.9 Å². The second kappa shape index (κ2) is 4.09. The van der Waals surface area contributed by atoms with Gasteiger partial charge in [-0.25, -0.2) is 0 Å². The average Bonchev–Trinajstić information content (AvgIpc) is 2.16. The third-order valence-electron chi connectivity index (χ3n) is 1.90. The average molecular weight is 228 g/mol. The van der Waals surface area contributed by atoms with Crippen LogP contribution in [-0.4, -0.2) is 5.60 Å². The molecule has 1 nitrogen and oxygen atoms in total. The second-order valence-corrected chi connectivity index (χ2v) is 3.78. The Morgan fingerprint density at radius 3 is 2.00 bits per heavy atom. The molecular weight excluding hydrogens is 217 g/mol. The van der Waals surface area contributed by atoms with E-state index in [9.17, 15) is 13.2 Å². The first kappa shape index (κ1) is 12.4. The monoisotopic (exact) mass is 228 g/mol. The molecule has 0 radical (unpaired) electrons. The summed E-state index contributed by atoms with van der Waals surface area (Å²) < 4.78 is 42.1. The van der Waals surface area contributed by atoms with Gasteiger partial charge < -0.3 is 4.74 Å². The summed E-state index contributed by atoms with van der Waals surface area (Å²) in [6.07, 6.45) is 0.865. The maximum atomic E-state index is 12.3. The molecule has 0 spiro atoms. The lowest BCUT2D eigenvalue weighted by Gasteiger charge is -2.20. The Balaban J connectivity index is 2.85. The molecule has 0 aliphatic rings. The van der Waals surface area contributed by atoms with Crippen LogP contribution in [0.2, 0.25) is 0 Å². The first-order valence-electron chi connectivity index (χ1n) is 4.59. The van der Waals surface area contributed by atoms with Crippen molar-refractivity contribution in [2.24, 2.45) is 0 Å². The van der Waals surface area contributed by atoms with Gasteiger partial charge in [0.15, 0.2) is 5.60 Å². The van der Waals surface area contributed by atoms with Crippen molar-refractivity contribution in [3.05, 3.63) is 29.8 Å². The first-order valence-corrected chi connectivity index (χ1v) is 4.59. The van der Waals surface area contributed by atoms with Gasteiger partial charge in [0.2, 0.25) is 0 Å². The van der Waals surface area contributed by atoms with Crippen LogP contribution in [-0.2, 0) is 6.18 Å². The summed E-state index contributed by atoms with van der Waals surface area (Å²) in [6.45, 7) is 3.31. The molecule has 1 aromatic rings. The normalized spacial score (nSPS) is 12.0. The Morgan fingerprint density at radius 1 is 1.12 bits per heavy atom. The van der Waals surface area contributed by atoms with Gasteiger partial charge in [0, 0.05) is 0 Å². The largest absolute Gasteiger partial charge is 0.475 e. The molecule has 0 aliphatic heterocycles. The molecule has 0 aliphatic carbocycles. The number of rotatable bonds is 2. The van der Waals surface area contributed by atoms with Crippen LogP contribution >= 0.6 is 0 Å². The van der Waals surface area contributed by atoms with Crippen molar-refractivity contribution in [3.8, 4) is 18.1 Å². The fourth-order valence-corrected chi connectivity index (χ4v) is 1.04. The smallest absolute Gasteiger partial charge is 0.416 e. The molecule has 1 aromatic carbocycles. The third-order valence-corrected chi connectivity index (χ3v) is 1.90. The van der Waals surface area contributed by atoms with E-state index in [4.69, 9.17) is 11.2 Å². The molecule has 0 amide bonds. The number of terminal acetylenes is 1. The minimum absolute atomic E-state index is 0.316. The summed E-state index contributed by atoms with van der Waals surface area (Å²) in [7, 11) is 0. The van der Waals surface area contributed by atoms with Crippen LogP contribution in [0.5, 0.6) is 5.75 Å². The number of ether oxygens (including phenoxy) is 1. The first-order chi connectivity index (χ1) is 7.24. The van der Waals surface area contributed by atoms with Gasteiger partial charge in [0.25, 0.3) is 0 Å². The Morgan fingerprint density at radius 2 is 1.62 bits per heavy atom. The molecule has 0 aromatic heterocycles. The molecule has 0 saturated carbocycles. The minimum atomic E-state index is -4.33. The summed E-state index contributed by atoms with van der Waals surface area (Å²) >= 11 is 0. The lowest BCUT2D eigenvalue weighted by atomic mass is 10.1. The second-order valence-electron chi connectivity index (χ2n) is 3.78. The van der Waals surface area contributed by atoms with E-state index in [1.807, 2.05) is 0 Å². The molecule has 0 N–H and O–H groups in total. The lowest BCUT2D eigenvalue weighted by molar-refractivity contribution is -0.137. The van der Waals surface area contributed by atoms with Crippen LogP contribution < -0.4 is 4.74 Å². The molecular formula is C12H11F3O. The van der Waals surface area contributed by atoms with E-state index >= 15 is 0 Å². The minimum Gasteiger partial charge on any atom is -0.475 e. The van der Waals surface area contributed by atoms with Gasteiger partial charge in [-0.05, 0) is 38.1 Å². The highest BCUT2D eigenvalue weighted by atomic mass is 19.4. The summed E-state index contributed by atoms with van der Waals surface area (Å²) in [6, 6.07) is 4.42. The Bertz CT molecular complexity index is 396. The van der Waals surface area contributed by atoms with Crippen molar-refractivity contribution in [3.63, 3.8) is 0 Å². The Kier molecular flexibility index (Phi) is 3.18. The third kappa shape index (κ3) is 3.20. The Labute approximate surface area is 92.2 Å². The fourth-order valence-electron chi connectivity index (χ4n) is 1.04. The van der Waals surface area contributed by atoms with Crippen LogP contribution in [0.15, 0.2) is 24.3 Å². The van der Waals surface area contributed by atoms with Crippen molar-refractivity contribution in [1.82, 2.24) is 0 Å². The maximum absolute atomic E-state index is 12.3. The van der Waals surface area contributed by atoms with E-state index in [2.05, 4.69) is 5.92 Å². The van der Waals surface area contributed by atoms with E-state index < -0.39 is 17.3 Å². The van der Waals surface area contributed by atoms with Crippen molar-refractivity contribution in [1.29, 1.82) is 0 Å². The number of hydrogen-bond acceptors (Lipinski definition) is 1. The highest BCUT2D eigenvalue weighted by Gasteiger charge is 2.30. The molecule has 4 heteroatoms. The van der Waals surface area contributed by atoms with Gasteiger partial charge in [-0.3, -0.25) is 0 Å². The maximum Gasteiger partial charge on any atom is 0.416 e. The molecule has 1 rings (SSSR count). The Hall–Kier alpha value is -1.63. The standard InChI is InChI=1S/C12H11F3O/c1-4-11(2,3)16-10-7-5-9(6-8-10)12(13,14)15/h1,5-8H,2-3H3. The van der Waals surface area contributed by atoms with E-state index in [1.165, 1.54) is 12.1 Å². The van der Waals surface area contributed by atoms with Crippen molar-refractivity contribution in [2.75, 3.05) is 0 Å². The van der Waals surface area contributed by atoms with Gasteiger partial charge in [0.05, 0.1) is 5.56 Å². The molecule has 16 heavy (non-hydrogen) atoms. The molecule has 0 heterocycles. The highest BCUT2D eigenvalue weighted by Crippen LogP contribution is 2.30. The SMILES string of the molecule is C#CC(C)(C)Oc1ccc(C(F)(F)F)cc1. The quantitative estimate of drug-likeness (QED) is 0.704. The van der Waals surface area contributed by atoms with Crippen LogP contribution in [0.4, 0.5) is 13.2 Å². The van der Waals surface area contributed by atoms with Crippen LogP contribution in [0.25, 0.3) is 0 Å². The number of alkyl halides is 3. The summed E-state index contributed by atoms with van der Waals surface area (Å²) in [5, 5.41) is 0. The van der Waals surface area contributed by atoms with Crippen molar-refractivity contribution >= 4 is 0 Å². The van der Waals surface area contributed by atoms with Crippen molar-refractivity contribution in [2.45, 2.75) is 25.6 Å². The zero-order valence-electron chi connectivity index (χ0n) is 8.93. The molecule has 0 atom stereocenters. The van der Waals surface area contributed by atoms with Gasteiger partial charge in [0.1, 0.15) is 5.75 Å². The predicted molar refractivity (Wildman–Crippen MR) is 55.0 cm³/mol. The molecule has 0 fully saturated rings. The van der Waals surface area contributed by atoms with E-state index in [1.54, 1.807) is 13.8 Å². The summed E-state index contributed by atoms with van der Waals surface area (Å²) in [5.41, 5.74) is -1.54. The zero-order valence-corrected chi connectivity index (χ0v) is 8.93. The lowest BCUT2D eigenvalue weighted by Crippen LogP contribution is -2.25. The van der Waals surface area contributed by atoms with Crippen LogP contribution in [0.3, 0.4) is 0 Å². The molecule has 0 saturated heterocycles. The number of halogens is 3. The molecule has 0 bridgehead atoms. The van der Waals surface area contributed by atoms with E-state index in [-0.39, 0.29) is 0 Å². The fraction of sp³-hybridized carbons (Fsp3) is 0.333. The summed E-state index contributed by atoms with van der Waals surface area (Å²) in [5.74, 6) is 2.71. The van der Waals surface area contributed by atoms with Gasteiger partial charge in [-0.15, -0.1) is 6.42 Å². The topological polar surface area (TPSA) is 9.23 Å². The van der Waals surface area contributed by atoms with Crippen LogP contribution in [0, 0.1) is 12.3 Å². The van der Waals surface area contributed by atoms with Gasteiger partial charge in [-0.2, -0.15) is 13.2 Å². The van der Waals surface area contributed by atoms with Gasteiger partial charge >= 0.3 is 6.18 Å². The van der Waals surface area contributed by atoms with E-state index in [0.29, 0.717) is 5.75 Å². The van der Waals surface area contributed by atoms with Crippen LogP contribution in [0.1, 0.15) is 19.4 Å². The molecule has 86 valence electrons. The zero-order chi connectivity index (χ0) is 12.4. The highest BCUT2D eigenvalue weighted by molar-refractivity contribution is 5.30. The molecule has 0 unspecified atom stereocenters. The number of hydrogen-bond donors (Lipinski definition) is 0. The van der Waals surface area contributed by atoms with Gasteiger partial charge in [-0.1, -0.05) is 5.92 Å². The number of benzene rings is 1. The van der Waals surface area contributed by atoms with E-state index in [0.717, 1.165) is 12.1 Å². The summed E-state index contributed by atoms with van der Waals surface area (Å²) in [4.78, 5) is 0.